The molecule has 4 rings (SSSR count). The molecule has 7 heteroatoms. The van der Waals surface area contributed by atoms with E-state index >= 15 is 0 Å². The van der Waals surface area contributed by atoms with Gasteiger partial charge in [-0.3, -0.25) is 14.9 Å². The standard InChI is InChI=1S/C19H16N2O5/c1-25-17-8-11-6-7-20-16(13(11)10-18(17)26-2)9-14-12(19(20)22)4-3-5-15(14)21(23)24/h3-5,8-10H,6-7H2,1-2H3. The lowest BCUT2D eigenvalue weighted by atomic mass is 9.95. The third-order valence-corrected chi connectivity index (χ3v) is 4.82. The first kappa shape index (κ1) is 16.1. The molecule has 0 spiro atoms. The van der Waals surface area contributed by atoms with Crippen LogP contribution in [0.1, 0.15) is 5.56 Å². The molecule has 0 saturated heterocycles. The number of nitrogens with zero attached hydrogens (tertiary/aromatic N) is 2. The zero-order chi connectivity index (χ0) is 18.4. The van der Waals surface area contributed by atoms with Crippen LogP contribution in [0.5, 0.6) is 11.5 Å². The van der Waals surface area contributed by atoms with Gasteiger partial charge in [0.1, 0.15) is 0 Å². The van der Waals surface area contributed by atoms with E-state index in [4.69, 9.17) is 9.47 Å². The SMILES string of the molecule is COc1cc2c(cc1OC)-c1cc3c([N+](=O)[O-])cccc3c(=O)n1CC2. The van der Waals surface area contributed by atoms with Gasteiger partial charge in [0.15, 0.2) is 11.5 Å². The number of rotatable bonds is 3. The minimum Gasteiger partial charge on any atom is -0.493 e. The monoisotopic (exact) mass is 352 g/mol. The molecule has 0 aliphatic carbocycles. The van der Waals surface area contributed by atoms with Crippen LogP contribution >= 0.6 is 0 Å². The van der Waals surface area contributed by atoms with Gasteiger partial charge in [-0.05, 0) is 36.2 Å². The molecule has 132 valence electrons. The van der Waals surface area contributed by atoms with Gasteiger partial charge in [-0.2, -0.15) is 0 Å². The van der Waals surface area contributed by atoms with Crippen molar-refractivity contribution in [3.8, 4) is 22.8 Å². The number of non-ortho nitro benzene ring substituents is 1. The Hall–Kier alpha value is -3.35. The van der Waals surface area contributed by atoms with Crippen molar-refractivity contribution < 1.29 is 14.4 Å². The fourth-order valence-electron chi connectivity index (χ4n) is 3.56. The van der Waals surface area contributed by atoms with Gasteiger partial charge in [-0.25, -0.2) is 0 Å². The number of hydrogen-bond donors (Lipinski definition) is 0. The zero-order valence-electron chi connectivity index (χ0n) is 14.3. The van der Waals surface area contributed by atoms with E-state index < -0.39 is 4.92 Å². The Morgan fingerprint density at radius 2 is 1.81 bits per heavy atom. The van der Waals surface area contributed by atoms with E-state index in [9.17, 15) is 14.9 Å². The van der Waals surface area contributed by atoms with E-state index in [0.29, 0.717) is 40.9 Å². The van der Waals surface area contributed by atoms with Crippen molar-refractivity contribution in [1.29, 1.82) is 0 Å². The summed E-state index contributed by atoms with van der Waals surface area (Å²) < 4.78 is 12.4. The average Bonchev–Trinajstić information content (AvgIpc) is 2.66. The summed E-state index contributed by atoms with van der Waals surface area (Å²) in [5.41, 5.74) is 2.20. The summed E-state index contributed by atoms with van der Waals surface area (Å²) in [6.07, 6.45) is 0.670. The van der Waals surface area contributed by atoms with Crippen LogP contribution < -0.4 is 15.0 Å². The van der Waals surface area contributed by atoms with Crippen LogP contribution in [0, 0.1) is 10.1 Å². The first-order valence-corrected chi connectivity index (χ1v) is 8.11. The zero-order valence-corrected chi connectivity index (χ0v) is 14.3. The second-order valence-electron chi connectivity index (χ2n) is 6.10. The Morgan fingerprint density at radius 3 is 2.50 bits per heavy atom. The van der Waals surface area contributed by atoms with Crippen LogP contribution in [0.25, 0.3) is 22.0 Å². The predicted molar refractivity (Wildman–Crippen MR) is 97.1 cm³/mol. The smallest absolute Gasteiger partial charge is 0.277 e. The lowest BCUT2D eigenvalue weighted by Gasteiger charge is -2.24. The number of aryl methyl sites for hydroxylation is 1. The van der Waals surface area contributed by atoms with Gasteiger partial charge in [0.05, 0.1) is 35.6 Å². The first-order chi connectivity index (χ1) is 12.5. The number of nitro benzene ring substituents is 1. The van der Waals surface area contributed by atoms with Crippen molar-refractivity contribution in [1.82, 2.24) is 4.57 Å². The predicted octanol–water partition coefficient (Wildman–Crippen LogP) is 3.15. The first-order valence-electron chi connectivity index (χ1n) is 8.11. The van der Waals surface area contributed by atoms with Gasteiger partial charge in [0, 0.05) is 18.2 Å². The number of fused-ring (bicyclic) bond motifs is 4. The number of methoxy groups -OCH3 is 2. The van der Waals surface area contributed by atoms with Crippen LogP contribution in [0.4, 0.5) is 5.69 Å². The molecule has 0 N–H and O–H groups in total. The third-order valence-electron chi connectivity index (χ3n) is 4.82. The number of aromatic nitrogens is 1. The molecule has 2 heterocycles. The molecule has 3 aromatic rings. The van der Waals surface area contributed by atoms with Crippen molar-refractivity contribution in [3.63, 3.8) is 0 Å². The van der Waals surface area contributed by atoms with Gasteiger partial charge in [0.25, 0.3) is 11.2 Å². The minimum atomic E-state index is -0.461. The van der Waals surface area contributed by atoms with Gasteiger partial charge in [0.2, 0.25) is 0 Å². The highest BCUT2D eigenvalue weighted by atomic mass is 16.6. The summed E-state index contributed by atoms with van der Waals surface area (Å²) in [6.45, 7) is 0.509. The van der Waals surface area contributed by atoms with Crippen molar-refractivity contribution in [2.45, 2.75) is 13.0 Å². The molecular formula is C19H16N2O5. The summed E-state index contributed by atoms with van der Waals surface area (Å²) in [4.78, 5) is 23.8. The normalized spacial score (nSPS) is 12.4. The highest BCUT2D eigenvalue weighted by Gasteiger charge is 2.24. The van der Waals surface area contributed by atoms with Crippen LogP contribution in [0.3, 0.4) is 0 Å². The van der Waals surface area contributed by atoms with Gasteiger partial charge in [-0.1, -0.05) is 6.07 Å². The Balaban J connectivity index is 2.08. The summed E-state index contributed by atoms with van der Waals surface area (Å²) in [5, 5.41) is 12.1. The van der Waals surface area contributed by atoms with E-state index in [0.717, 1.165) is 11.1 Å². The molecule has 2 aromatic carbocycles. The molecule has 0 saturated carbocycles. The maximum absolute atomic E-state index is 12.9. The quantitative estimate of drug-likeness (QED) is 0.534. The second-order valence-corrected chi connectivity index (χ2v) is 6.10. The highest BCUT2D eigenvalue weighted by Crippen LogP contribution is 2.39. The van der Waals surface area contributed by atoms with E-state index in [2.05, 4.69) is 0 Å². The molecule has 0 fully saturated rings. The number of hydrogen-bond acceptors (Lipinski definition) is 5. The fraction of sp³-hybridized carbons (Fsp3) is 0.211. The summed E-state index contributed by atoms with van der Waals surface area (Å²) in [7, 11) is 3.12. The van der Waals surface area contributed by atoms with E-state index in [1.807, 2.05) is 12.1 Å². The Kier molecular flexibility index (Phi) is 3.64. The van der Waals surface area contributed by atoms with Gasteiger partial charge in [-0.15, -0.1) is 0 Å². The van der Waals surface area contributed by atoms with Crippen LogP contribution in [0.15, 0.2) is 41.2 Å². The van der Waals surface area contributed by atoms with E-state index in [1.54, 1.807) is 37.0 Å². The third kappa shape index (κ3) is 2.24. The summed E-state index contributed by atoms with van der Waals surface area (Å²) in [6, 6.07) is 10.0. The Labute approximate surface area is 148 Å². The lowest BCUT2D eigenvalue weighted by molar-refractivity contribution is -0.383. The van der Waals surface area contributed by atoms with Gasteiger partial charge < -0.3 is 14.0 Å². The number of nitro groups is 1. The van der Waals surface area contributed by atoms with Crippen LogP contribution in [-0.4, -0.2) is 23.7 Å². The maximum Gasteiger partial charge on any atom is 0.277 e. The molecule has 0 atom stereocenters. The van der Waals surface area contributed by atoms with Crippen molar-refractivity contribution in [2.24, 2.45) is 0 Å². The van der Waals surface area contributed by atoms with Crippen molar-refractivity contribution >= 4 is 16.5 Å². The largest absolute Gasteiger partial charge is 0.493 e. The minimum absolute atomic E-state index is 0.0735. The van der Waals surface area contributed by atoms with E-state index in [1.165, 1.54) is 6.07 Å². The lowest BCUT2D eigenvalue weighted by Crippen LogP contribution is -2.26. The van der Waals surface area contributed by atoms with Crippen molar-refractivity contribution in [2.75, 3.05) is 14.2 Å². The molecule has 1 aliphatic rings. The Morgan fingerprint density at radius 1 is 1.08 bits per heavy atom. The molecule has 1 aliphatic heterocycles. The summed E-state index contributed by atoms with van der Waals surface area (Å²) >= 11 is 0. The number of pyridine rings is 1. The van der Waals surface area contributed by atoms with Gasteiger partial charge >= 0.3 is 0 Å². The maximum atomic E-state index is 12.9. The van der Waals surface area contributed by atoms with E-state index in [-0.39, 0.29) is 11.2 Å². The number of benzene rings is 2. The van der Waals surface area contributed by atoms with Crippen LogP contribution in [-0.2, 0) is 13.0 Å². The average molecular weight is 352 g/mol. The molecule has 0 radical (unpaired) electrons. The molecule has 26 heavy (non-hydrogen) atoms. The molecule has 1 aromatic heterocycles. The highest BCUT2D eigenvalue weighted by molar-refractivity contribution is 5.93. The Bertz CT molecular complexity index is 1120. The molecule has 7 nitrogen and oxygen atoms in total. The molecule has 0 amide bonds. The van der Waals surface area contributed by atoms with Crippen molar-refractivity contribution in [3.05, 3.63) is 62.4 Å². The topological polar surface area (TPSA) is 83.6 Å². The molecule has 0 bridgehead atoms. The fourth-order valence-corrected chi connectivity index (χ4v) is 3.56. The number of ether oxygens (including phenoxy) is 2. The van der Waals surface area contributed by atoms with Crippen LogP contribution in [0.2, 0.25) is 0 Å². The molecular weight excluding hydrogens is 336 g/mol. The second kappa shape index (κ2) is 5.87. The molecule has 0 unspecified atom stereocenters. The summed E-state index contributed by atoms with van der Waals surface area (Å²) in [5.74, 6) is 1.17.